The molecule has 0 spiro atoms. The van der Waals surface area contributed by atoms with E-state index in [0.29, 0.717) is 12.8 Å². The zero-order chi connectivity index (χ0) is 41.4. The first-order valence-corrected chi connectivity index (χ1v) is 23.9. The number of unbranched alkanes of at least 4 members (excludes halogenated alkanes) is 24. The summed E-state index contributed by atoms with van der Waals surface area (Å²) in [5.74, 6) is -2.39. The number of carboxylic acid groups (broad SMARTS) is 1. The van der Waals surface area contributed by atoms with Crippen LogP contribution in [0.1, 0.15) is 206 Å². The zero-order valence-corrected chi connectivity index (χ0v) is 36.4. The van der Waals surface area contributed by atoms with Crippen molar-refractivity contribution >= 4 is 25.7 Å². The molecule has 4 N–H and O–H groups in total. The molecule has 3 atom stereocenters. The molecule has 11 nitrogen and oxygen atoms in total. The standard InChI is InChI=1S/C44H82NO10P/c1-3-5-7-9-11-13-15-17-19-21-23-25-27-29-31-33-35-42(46)52-37-40(38-53-56(50,51)54-39-41(45)44(48)49)55-43(47)36-34-32-30-28-26-24-22-20-18-16-14-12-10-8-6-4-2/h19-22,40-41H,3-18,23-39,45H2,1-2H3,(H,48,49)(H,50,51)/b21-19-,22-20-/t40-,41+/m1/s1. The van der Waals surface area contributed by atoms with E-state index in [-0.39, 0.29) is 19.4 Å². The molecule has 12 heteroatoms. The van der Waals surface area contributed by atoms with E-state index in [1.165, 1.54) is 89.9 Å². The van der Waals surface area contributed by atoms with Crippen molar-refractivity contribution in [1.29, 1.82) is 0 Å². The predicted molar refractivity (Wildman–Crippen MR) is 226 cm³/mol. The molecule has 0 aromatic rings. The van der Waals surface area contributed by atoms with Gasteiger partial charge in [0, 0.05) is 12.8 Å². The molecular formula is C44H82NO10P. The molecule has 0 radical (unpaired) electrons. The van der Waals surface area contributed by atoms with Gasteiger partial charge in [-0.05, 0) is 64.2 Å². The molecule has 1 unspecified atom stereocenters. The second kappa shape index (κ2) is 39.8. The molecule has 56 heavy (non-hydrogen) atoms. The summed E-state index contributed by atoms with van der Waals surface area (Å²) in [6.07, 6.45) is 40.9. The van der Waals surface area contributed by atoms with E-state index >= 15 is 0 Å². The van der Waals surface area contributed by atoms with Crippen molar-refractivity contribution in [2.45, 2.75) is 219 Å². The van der Waals surface area contributed by atoms with Crippen LogP contribution < -0.4 is 5.73 Å². The van der Waals surface area contributed by atoms with E-state index in [4.69, 9.17) is 24.8 Å². The maximum Gasteiger partial charge on any atom is 0.472 e. The summed E-state index contributed by atoms with van der Waals surface area (Å²) >= 11 is 0. The second-order valence-electron chi connectivity index (χ2n) is 15.2. The predicted octanol–water partition coefficient (Wildman–Crippen LogP) is 11.8. The monoisotopic (exact) mass is 816 g/mol. The van der Waals surface area contributed by atoms with Crippen molar-refractivity contribution in [2.75, 3.05) is 19.8 Å². The smallest absolute Gasteiger partial charge is 0.472 e. The maximum atomic E-state index is 12.6. The van der Waals surface area contributed by atoms with Gasteiger partial charge in [-0.1, -0.05) is 154 Å². The molecule has 0 aliphatic carbocycles. The minimum atomic E-state index is -4.72. The number of hydrogen-bond donors (Lipinski definition) is 3. The Bertz CT molecular complexity index is 1050. The molecule has 0 rings (SSSR count). The lowest BCUT2D eigenvalue weighted by Crippen LogP contribution is -2.34. The van der Waals surface area contributed by atoms with Crippen molar-refractivity contribution in [3.8, 4) is 0 Å². The van der Waals surface area contributed by atoms with Crippen molar-refractivity contribution in [3.63, 3.8) is 0 Å². The van der Waals surface area contributed by atoms with Gasteiger partial charge in [-0.3, -0.25) is 23.4 Å². The minimum absolute atomic E-state index is 0.151. The Balaban J connectivity index is 4.36. The van der Waals surface area contributed by atoms with Crippen molar-refractivity contribution < 1.29 is 47.5 Å². The molecular weight excluding hydrogens is 733 g/mol. The van der Waals surface area contributed by atoms with Gasteiger partial charge in [0.15, 0.2) is 6.10 Å². The first-order valence-electron chi connectivity index (χ1n) is 22.4. The third-order valence-electron chi connectivity index (χ3n) is 9.67. The summed E-state index contributed by atoms with van der Waals surface area (Å²) in [5.41, 5.74) is 5.33. The number of aliphatic carboxylic acids is 1. The van der Waals surface area contributed by atoms with Gasteiger partial charge in [-0.15, -0.1) is 0 Å². The third kappa shape index (κ3) is 38.8. The summed E-state index contributed by atoms with van der Waals surface area (Å²) in [4.78, 5) is 46.0. The van der Waals surface area contributed by atoms with Crippen LogP contribution in [0.5, 0.6) is 0 Å². The van der Waals surface area contributed by atoms with E-state index in [0.717, 1.165) is 77.0 Å². The Morgan fingerprint density at radius 1 is 0.536 bits per heavy atom. The number of ether oxygens (including phenoxy) is 2. The molecule has 0 aliphatic heterocycles. The van der Waals surface area contributed by atoms with Crippen LogP contribution in [0.3, 0.4) is 0 Å². The maximum absolute atomic E-state index is 12.6. The lowest BCUT2D eigenvalue weighted by molar-refractivity contribution is -0.161. The van der Waals surface area contributed by atoms with Gasteiger partial charge in [-0.25, -0.2) is 4.57 Å². The third-order valence-corrected chi connectivity index (χ3v) is 10.6. The van der Waals surface area contributed by atoms with Gasteiger partial charge in [0.05, 0.1) is 13.2 Å². The van der Waals surface area contributed by atoms with Crippen LogP contribution in [0, 0.1) is 0 Å². The Hall–Kier alpha value is -2.04. The number of nitrogens with two attached hydrogens (primary N) is 1. The number of carboxylic acids is 1. The molecule has 328 valence electrons. The van der Waals surface area contributed by atoms with Gasteiger partial charge in [0.25, 0.3) is 0 Å². The Morgan fingerprint density at radius 2 is 0.893 bits per heavy atom. The first-order chi connectivity index (χ1) is 27.1. The van der Waals surface area contributed by atoms with E-state index in [1.807, 2.05) is 0 Å². The zero-order valence-electron chi connectivity index (χ0n) is 35.5. The quantitative estimate of drug-likeness (QED) is 0.0232. The normalized spacial score (nSPS) is 13.9. The molecule has 0 saturated heterocycles. The van der Waals surface area contributed by atoms with Crippen molar-refractivity contribution in [2.24, 2.45) is 5.73 Å². The van der Waals surface area contributed by atoms with Crippen LogP contribution in [-0.4, -0.2) is 59.9 Å². The van der Waals surface area contributed by atoms with Crippen LogP contribution in [0.15, 0.2) is 24.3 Å². The minimum Gasteiger partial charge on any atom is -0.480 e. The van der Waals surface area contributed by atoms with Gasteiger partial charge in [0.2, 0.25) is 0 Å². The largest absolute Gasteiger partial charge is 0.480 e. The Labute approximate surface area is 340 Å². The van der Waals surface area contributed by atoms with Crippen LogP contribution in [0.4, 0.5) is 0 Å². The lowest BCUT2D eigenvalue weighted by Gasteiger charge is -2.20. The molecule has 0 aliphatic rings. The van der Waals surface area contributed by atoms with Gasteiger partial charge < -0.3 is 25.2 Å². The van der Waals surface area contributed by atoms with E-state index < -0.39 is 51.1 Å². The number of phosphoric ester groups is 1. The highest BCUT2D eigenvalue weighted by atomic mass is 31.2. The highest BCUT2D eigenvalue weighted by Crippen LogP contribution is 2.43. The fourth-order valence-corrected chi connectivity index (χ4v) is 6.89. The highest BCUT2D eigenvalue weighted by molar-refractivity contribution is 7.47. The van der Waals surface area contributed by atoms with Gasteiger partial charge >= 0.3 is 25.7 Å². The van der Waals surface area contributed by atoms with E-state index in [9.17, 15) is 23.8 Å². The van der Waals surface area contributed by atoms with Crippen molar-refractivity contribution in [1.82, 2.24) is 0 Å². The highest BCUT2D eigenvalue weighted by Gasteiger charge is 2.28. The summed E-state index contributed by atoms with van der Waals surface area (Å²) in [5, 5.41) is 8.89. The number of allylic oxidation sites excluding steroid dienone is 4. The molecule has 0 bridgehead atoms. The average molecular weight is 816 g/mol. The molecule has 0 heterocycles. The fourth-order valence-electron chi connectivity index (χ4n) is 6.11. The Morgan fingerprint density at radius 3 is 1.30 bits per heavy atom. The van der Waals surface area contributed by atoms with Crippen molar-refractivity contribution in [3.05, 3.63) is 24.3 Å². The number of esters is 2. The summed E-state index contributed by atoms with van der Waals surface area (Å²) in [7, 11) is -4.72. The van der Waals surface area contributed by atoms with Crippen LogP contribution in [-0.2, 0) is 37.5 Å². The lowest BCUT2D eigenvalue weighted by atomic mass is 10.1. The molecule has 0 aromatic heterocycles. The average Bonchev–Trinajstić information content (AvgIpc) is 3.17. The number of carbonyl (C=O) groups excluding carboxylic acids is 2. The SMILES string of the molecule is CCCCCCCCC/C=C\CCCCCCCC(=O)OC[C@H](COP(=O)(O)OC[C@H](N)C(=O)O)OC(=O)CCCCCCC/C=C\CCCCCCCCC. The number of phosphoric acid groups is 1. The topological polar surface area (TPSA) is 172 Å². The summed E-state index contributed by atoms with van der Waals surface area (Å²) in [6.45, 7) is 2.79. The molecule has 0 fully saturated rings. The fraction of sp³-hybridized carbons (Fsp3) is 0.841. The Kier molecular flexibility index (Phi) is 38.3. The number of hydrogen-bond acceptors (Lipinski definition) is 9. The first kappa shape index (κ1) is 54.0. The van der Waals surface area contributed by atoms with Crippen LogP contribution >= 0.6 is 7.82 Å². The second-order valence-corrected chi connectivity index (χ2v) is 16.6. The van der Waals surface area contributed by atoms with Gasteiger partial charge in [0.1, 0.15) is 12.6 Å². The number of carbonyl (C=O) groups is 3. The van der Waals surface area contributed by atoms with Crippen LogP contribution in [0.25, 0.3) is 0 Å². The summed E-state index contributed by atoms with van der Waals surface area (Å²) < 4.78 is 32.7. The van der Waals surface area contributed by atoms with E-state index in [1.54, 1.807) is 0 Å². The molecule has 0 amide bonds. The van der Waals surface area contributed by atoms with Gasteiger partial charge in [-0.2, -0.15) is 0 Å². The van der Waals surface area contributed by atoms with Crippen LogP contribution in [0.2, 0.25) is 0 Å². The summed E-state index contributed by atoms with van der Waals surface area (Å²) in [6, 6.07) is -1.52. The number of rotatable bonds is 42. The molecule has 0 aromatic carbocycles. The molecule has 0 saturated carbocycles. The van der Waals surface area contributed by atoms with E-state index in [2.05, 4.69) is 42.7 Å².